The number of nitrogens with zero attached hydrogens (tertiary/aromatic N) is 3. The van der Waals surface area contributed by atoms with Crippen LogP contribution in [0.1, 0.15) is 47.8 Å². The monoisotopic (exact) mass is 439 g/mol. The van der Waals surface area contributed by atoms with Crippen LogP contribution in [0.15, 0.2) is 46.0 Å². The van der Waals surface area contributed by atoms with Crippen molar-refractivity contribution in [3.05, 3.63) is 95.3 Å². The molecule has 0 saturated carbocycles. The molecule has 168 valence electrons. The number of aromatic hydroxyl groups is 2. The summed E-state index contributed by atoms with van der Waals surface area (Å²) in [6.07, 6.45) is 0. The first-order chi connectivity index (χ1) is 15.1. The van der Waals surface area contributed by atoms with Gasteiger partial charge in [-0.05, 0) is 39.8 Å². The second kappa shape index (κ2) is 8.70. The van der Waals surface area contributed by atoms with Crippen molar-refractivity contribution in [3.8, 4) is 11.5 Å². The molecule has 0 spiro atoms. The lowest BCUT2D eigenvalue weighted by atomic mass is 9.84. The third-order valence-electron chi connectivity index (χ3n) is 5.70. The number of benzene rings is 1. The van der Waals surface area contributed by atoms with Gasteiger partial charge in [-0.15, -0.1) is 0 Å². The summed E-state index contributed by atoms with van der Waals surface area (Å²) in [6, 6.07) is 8.46. The van der Waals surface area contributed by atoms with Crippen molar-refractivity contribution in [1.29, 1.82) is 0 Å². The number of para-hydroxylation sites is 1. The predicted octanol–water partition coefficient (Wildman–Crippen LogP) is 3.17. The highest BCUT2D eigenvalue weighted by atomic mass is 16.6. The summed E-state index contributed by atoms with van der Waals surface area (Å²) >= 11 is 0. The lowest BCUT2D eigenvalue weighted by Crippen LogP contribution is -2.32. The van der Waals surface area contributed by atoms with Crippen LogP contribution in [-0.2, 0) is 13.1 Å². The molecule has 3 rings (SSSR count). The lowest BCUT2D eigenvalue weighted by Gasteiger charge is -2.22. The summed E-state index contributed by atoms with van der Waals surface area (Å²) in [6.45, 7) is 7.40. The Morgan fingerprint density at radius 1 is 0.906 bits per heavy atom. The molecule has 32 heavy (non-hydrogen) atoms. The number of hydrogen-bond donors (Lipinski definition) is 2. The van der Waals surface area contributed by atoms with Crippen LogP contribution < -0.4 is 11.1 Å². The van der Waals surface area contributed by atoms with E-state index in [2.05, 4.69) is 0 Å². The van der Waals surface area contributed by atoms with Gasteiger partial charge in [0.15, 0.2) is 0 Å². The zero-order valence-corrected chi connectivity index (χ0v) is 18.3. The maximum Gasteiger partial charge on any atom is 0.273 e. The fourth-order valence-electron chi connectivity index (χ4n) is 4.22. The fraction of sp³-hybridized carbons (Fsp3) is 0.304. The second-order valence-corrected chi connectivity index (χ2v) is 7.52. The van der Waals surface area contributed by atoms with E-state index < -0.39 is 33.5 Å². The van der Waals surface area contributed by atoms with Gasteiger partial charge in [0.2, 0.25) is 0 Å². The Morgan fingerprint density at radius 2 is 1.34 bits per heavy atom. The van der Waals surface area contributed by atoms with Crippen molar-refractivity contribution in [3.63, 3.8) is 0 Å². The number of nitro groups is 1. The van der Waals surface area contributed by atoms with Gasteiger partial charge in [0.1, 0.15) is 11.5 Å². The molecule has 9 nitrogen and oxygen atoms in total. The summed E-state index contributed by atoms with van der Waals surface area (Å²) in [4.78, 5) is 38.0. The average Bonchev–Trinajstić information content (AvgIpc) is 2.72. The standard InChI is InChI=1S/C23H25N3O6/c1-5-24-13(3)11-17(27)20(22(24)29)19(15-9-7-8-10-16(15)26(31)32)21-18(28)12-14(4)25(6-2)23(21)30/h7-12,19,27-28H,5-6H2,1-4H3. The van der Waals surface area contributed by atoms with Gasteiger partial charge in [0.05, 0.1) is 22.0 Å². The van der Waals surface area contributed by atoms with Crippen LogP contribution in [0.25, 0.3) is 0 Å². The Kier molecular flexibility index (Phi) is 6.20. The quantitative estimate of drug-likeness (QED) is 0.449. The molecule has 0 radical (unpaired) electrons. The Labute approximate surface area is 184 Å². The molecular formula is C23H25N3O6. The smallest absolute Gasteiger partial charge is 0.273 e. The zero-order valence-electron chi connectivity index (χ0n) is 18.3. The number of nitro benzene ring substituents is 1. The molecule has 3 aromatic rings. The van der Waals surface area contributed by atoms with Gasteiger partial charge in [-0.1, -0.05) is 18.2 Å². The number of hydrogen-bond acceptors (Lipinski definition) is 6. The summed E-state index contributed by atoms with van der Waals surface area (Å²) in [5.41, 5.74) is -0.890. The van der Waals surface area contributed by atoms with Crippen LogP contribution in [0.3, 0.4) is 0 Å². The number of aromatic nitrogens is 2. The van der Waals surface area contributed by atoms with E-state index in [1.54, 1.807) is 33.8 Å². The molecule has 0 fully saturated rings. The Hall–Kier alpha value is -3.88. The normalized spacial score (nSPS) is 11.2. The third-order valence-corrected chi connectivity index (χ3v) is 5.70. The van der Waals surface area contributed by atoms with E-state index >= 15 is 0 Å². The highest BCUT2D eigenvalue weighted by molar-refractivity contribution is 5.57. The first-order valence-corrected chi connectivity index (χ1v) is 10.2. The molecule has 2 aromatic heterocycles. The minimum absolute atomic E-state index is 0.0234. The minimum Gasteiger partial charge on any atom is -0.507 e. The largest absolute Gasteiger partial charge is 0.507 e. The molecule has 0 aliphatic carbocycles. The van der Waals surface area contributed by atoms with Gasteiger partial charge in [-0.25, -0.2) is 0 Å². The van der Waals surface area contributed by atoms with Crippen LogP contribution in [0.5, 0.6) is 11.5 Å². The third kappa shape index (κ3) is 3.66. The Bertz CT molecular complexity index is 1250. The molecule has 2 N–H and O–H groups in total. The van der Waals surface area contributed by atoms with Crippen LogP contribution in [0, 0.1) is 24.0 Å². The summed E-state index contributed by atoms with van der Waals surface area (Å²) < 4.78 is 2.81. The molecule has 9 heteroatoms. The van der Waals surface area contributed by atoms with E-state index in [1.165, 1.54) is 39.5 Å². The predicted molar refractivity (Wildman–Crippen MR) is 120 cm³/mol. The minimum atomic E-state index is -1.35. The SMILES string of the molecule is CCn1c(C)cc(O)c(C(c2ccccc2[N+](=O)[O-])c2c(O)cc(C)n(CC)c2=O)c1=O. The molecule has 2 heterocycles. The molecule has 0 aliphatic heterocycles. The maximum atomic E-state index is 13.4. The van der Waals surface area contributed by atoms with Gasteiger partial charge < -0.3 is 19.3 Å². The summed E-state index contributed by atoms with van der Waals surface area (Å²) in [5, 5.41) is 33.4. The molecule has 0 atom stereocenters. The van der Waals surface area contributed by atoms with E-state index in [9.17, 15) is 29.9 Å². The van der Waals surface area contributed by atoms with E-state index in [0.717, 1.165) is 0 Å². The molecule has 0 aliphatic rings. The van der Waals surface area contributed by atoms with Crippen molar-refractivity contribution in [2.24, 2.45) is 0 Å². The highest BCUT2D eigenvalue weighted by Gasteiger charge is 2.34. The number of pyridine rings is 2. The maximum absolute atomic E-state index is 13.4. The van der Waals surface area contributed by atoms with Gasteiger partial charge >= 0.3 is 0 Å². The number of aryl methyl sites for hydroxylation is 2. The summed E-state index contributed by atoms with van der Waals surface area (Å²) in [7, 11) is 0. The van der Waals surface area contributed by atoms with Gasteiger partial charge in [0.25, 0.3) is 16.8 Å². The van der Waals surface area contributed by atoms with E-state index in [0.29, 0.717) is 24.5 Å². The van der Waals surface area contributed by atoms with Crippen LogP contribution >= 0.6 is 0 Å². The molecule has 1 aromatic carbocycles. The van der Waals surface area contributed by atoms with Crippen molar-refractivity contribution >= 4 is 5.69 Å². The Morgan fingerprint density at radius 3 is 1.75 bits per heavy atom. The van der Waals surface area contributed by atoms with E-state index in [1.807, 2.05) is 0 Å². The van der Waals surface area contributed by atoms with Crippen LogP contribution in [0.4, 0.5) is 5.69 Å². The van der Waals surface area contributed by atoms with Gasteiger partial charge in [-0.3, -0.25) is 19.7 Å². The van der Waals surface area contributed by atoms with E-state index in [-0.39, 0.29) is 22.4 Å². The fourth-order valence-corrected chi connectivity index (χ4v) is 4.22. The lowest BCUT2D eigenvalue weighted by molar-refractivity contribution is -0.385. The van der Waals surface area contributed by atoms with Crippen LogP contribution in [0.2, 0.25) is 0 Å². The first-order valence-electron chi connectivity index (χ1n) is 10.2. The summed E-state index contributed by atoms with van der Waals surface area (Å²) in [5.74, 6) is -2.15. The van der Waals surface area contributed by atoms with Crippen LogP contribution in [-0.4, -0.2) is 24.3 Å². The number of rotatable bonds is 6. The zero-order chi connectivity index (χ0) is 23.7. The molecule has 0 saturated heterocycles. The second-order valence-electron chi connectivity index (χ2n) is 7.52. The van der Waals surface area contributed by atoms with E-state index in [4.69, 9.17) is 0 Å². The van der Waals surface area contributed by atoms with Crippen molar-refractivity contribution in [2.45, 2.75) is 46.7 Å². The van der Waals surface area contributed by atoms with Gasteiger partial charge in [-0.2, -0.15) is 0 Å². The molecular weight excluding hydrogens is 414 g/mol. The topological polar surface area (TPSA) is 128 Å². The van der Waals surface area contributed by atoms with Crippen molar-refractivity contribution < 1.29 is 15.1 Å². The Balaban J connectivity index is 2.56. The molecule has 0 amide bonds. The molecule has 0 bridgehead atoms. The molecule has 0 unspecified atom stereocenters. The highest BCUT2D eigenvalue weighted by Crippen LogP contribution is 2.41. The first kappa shape index (κ1) is 22.8. The average molecular weight is 439 g/mol. The van der Waals surface area contributed by atoms with Gasteiger partial charge in [0, 0.05) is 36.1 Å². The van der Waals surface area contributed by atoms with Crippen molar-refractivity contribution in [2.75, 3.05) is 0 Å². The van der Waals surface area contributed by atoms with Crippen molar-refractivity contribution in [1.82, 2.24) is 9.13 Å².